The average molecular weight is 312 g/mol. The van der Waals surface area contributed by atoms with Crippen molar-refractivity contribution < 1.29 is 14.1 Å². The van der Waals surface area contributed by atoms with Gasteiger partial charge in [0.05, 0.1) is 11.7 Å². The van der Waals surface area contributed by atoms with Crippen LogP contribution in [0, 0.1) is 0 Å². The second kappa shape index (κ2) is 5.11. The zero-order valence-corrected chi connectivity index (χ0v) is 13.3. The molecule has 4 rings (SSSR count). The third kappa shape index (κ3) is 2.71. The van der Waals surface area contributed by atoms with E-state index in [0.717, 1.165) is 36.3 Å². The molecular formula is C18H20N2O3. The SMILES string of the molecule is CC1(C)CC(NC(=O)c2conc2C2CC2)c2ccccc2O1. The van der Waals surface area contributed by atoms with Crippen LogP contribution in [-0.4, -0.2) is 16.7 Å². The second-order valence-electron chi connectivity index (χ2n) is 7.02. The highest BCUT2D eigenvalue weighted by Crippen LogP contribution is 2.42. The quantitative estimate of drug-likeness (QED) is 0.940. The number of amides is 1. The largest absolute Gasteiger partial charge is 0.487 e. The van der Waals surface area contributed by atoms with Gasteiger partial charge in [-0.2, -0.15) is 0 Å². The van der Waals surface area contributed by atoms with Gasteiger partial charge in [-0.1, -0.05) is 23.4 Å². The van der Waals surface area contributed by atoms with Gasteiger partial charge in [0.25, 0.3) is 5.91 Å². The zero-order valence-electron chi connectivity index (χ0n) is 13.3. The van der Waals surface area contributed by atoms with Crippen molar-refractivity contribution in [2.75, 3.05) is 0 Å². The Bertz CT molecular complexity index is 746. The molecule has 23 heavy (non-hydrogen) atoms. The molecule has 2 heterocycles. The number of hydrogen-bond acceptors (Lipinski definition) is 4. The summed E-state index contributed by atoms with van der Waals surface area (Å²) < 4.78 is 11.0. The van der Waals surface area contributed by atoms with Crippen molar-refractivity contribution in [2.45, 2.75) is 50.7 Å². The molecule has 0 saturated heterocycles. The number of para-hydroxylation sites is 1. The lowest BCUT2D eigenvalue weighted by atomic mass is 9.89. The first-order chi connectivity index (χ1) is 11.0. The van der Waals surface area contributed by atoms with Crippen LogP contribution < -0.4 is 10.1 Å². The second-order valence-corrected chi connectivity index (χ2v) is 7.02. The Balaban J connectivity index is 1.60. The molecule has 1 atom stereocenters. The van der Waals surface area contributed by atoms with Crippen molar-refractivity contribution in [3.8, 4) is 5.75 Å². The van der Waals surface area contributed by atoms with Gasteiger partial charge in [0.1, 0.15) is 23.2 Å². The number of benzene rings is 1. The molecule has 120 valence electrons. The van der Waals surface area contributed by atoms with Gasteiger partial charge < -0.3 is 14.6 Å². The summed E-state index contributed by atoms with van der Waals surface area (Å²) in [5.74, 6) is 1.10. The van der Waals surface area contributed by atoms with E-state index in [9.17, 15) is 4.79 Å². The molecule has 1 aromatic heterocycles. The lowest BCUT2D eigenvalue weighted by Crippen LogP contribution is -2.41. The molecule has 5 nitrogen and oxygen atoms in total. The molecule has 1 amide bonds. The molecule has 0 radical (unpaired) electrons. The summed E-state index contributed by atoms with van der Waals surface area (Å²) in [6, 6.07) is 7.79. The summed E-state index contributed by atoms with van der Waals surface area (Å²) in [7, 11) is 0. The third-order valence-electron chi connectivity index (χ3n) is 4.49. The van der Waals surface area contributed by atoms with Crippen LogP contribution in [0.5, 0.6) is 5.75 Å². The van der Waals surface area contributed by atoms with E-state index in [0.29, 0.717) is 11.5 Å². The number of ether oxygens (including phenoxy) is 1. The van der Waals surface area contributed by atoms with E-state index < -0.39 is 0 Å². The number of nitrogens with zero attached hydrogens (tertiary/aromatic N) is 1. The van der Waals surface area contributed by atoms with E-state index in [1.54, 1.807) is 0 Å². The minimum atomic E-state index is -0.319. The van der Waals surface area contributed by atoms with Crippen molar-refractivity contribution in [1.82, 2.24) is 10.5 Å². The molecular weight excluding hydrogens is 292 g/mol. The predicted molar refractivity (Wildman–Crippen MR) is 84.5 cm³/mol. The molecule has 0 bridgehead atoms. The summed E-state index contributed by atoms with van der Waals surface area (Å²) in [6.07, 6.45) is 4.35. The highest BCUT2D eigenvalue weighted by molar-refractivity contribution is 5.95. The summed E-state index contributed by atoms with van der Waals surface area (Å²) >= 11 is 0. The first kappa shape index (κ1) is 14.3. The Morgan fingerprint density at radius 3 is 2.87 bits per heavy atom. The molecule has 1 aliphatic carbocycles. The standard InChI is InChI=1S/C18H20N2O3/c1-18(2)9-14(12-5-3-4-6-15(12)23-18)19-17(21)13-10-22-20-16(13)11-7-8-11/h3-6,10-11,14H,7-9H2,1-2H3,(H,19,21). The molecule has 2 aromatic rings. The van der Waals surface area contributed by atoms with Gasteiger partial charge >= 0.3 is 0 Å². The molecule has 1 aliphatic heterocycles. The fourth-order valence-electron chi connectivity index (χ4n) is 3.23. The van der Waals surface area contributed by atoms with Gasteiger partial charge in [0, 0.05) is 17.9 Å². The predicted octanol–water partition coefficient (Wildman–Crippen LogP) is 3.58. The number of nitrogens with one attached hydrogen (secondary N) is 1. The fraction of sp³-hybridized carbons (Fsp3) is 0.444. The summed E-state index contributed by atoms with van der Waals surface area (Å²) in [5.41, 5.74) is 2.06. The van der Waals surface area contributed by atoms with Crippen molar-refractivity contribution in [3.63, 3.8) is 0 Å². The third-order valence-corrected chi connectivity index (χ3v) is 4.49. The van der Waals surface area contributed by atoms with Crippen molar-refractivity contribution in [3.05, 3.63) is 47.3 Å². The van der Waals surface area contributed by atoms with Gasteiger partial charge in [-0.15, -0.1) is 0 Å². The summed E-state index contributed by atoms with van der Waals surface area (Å²) in [4.78, 5) is 12.7. The maximum Gasteiger partial charge on any atom is 0.257 e. The normalized spacial score (nSPS) is 22.1. The van der Waals surface area contributed by atoms with Crippen molar-refractivity contribution >= 4 is 5.91 Å². The van der Waals surface area contributed by atoms with E-state index in [1.807, 2.05) is 38.1 Å². The maximum atomic E-state index is 12.7. The summed E-state index contributed by atoms with van der Waals surface area (Å²) in [5, 5.41) is 7.14. The number of rotatable bonds is 3. The van der Waals surface area contributed by atoms with Gasteiger partial charge in [0.15, 0.2) is 0 Å². The minimum absolute atomic E-state index is 0.0793. The van der Waals surface area contributed by atoms with Crippen LogP contribution >= 0.6 is 0 Å². The fourth-order valence-corrected chi connectivity index (χ4v) is 3.23. The number of fused-ring (bicyclic) bond motifs is 1. The molecule has 2 aliphatic rings. The van der Waals surface area contributed by atoms with Crippen LogP contribution in [0.15, 0.2) is 35.1 Å². The van der Waals surface area contributed by atoms with E-state index >= 15 is 0 Å². The van der Waals surface area contributed by atoms with Crippen LogP contribution in [0.4, 0.5) is 0 Å². The maximum absolute atomic E-state index is 12.7. The van der Waals surface area contributed by atoms with Crippen LogP contribution in [0.25, 0.3) is 0 Å². The summed E-state index contributed by atoms with van der Waals surface area (Å²) in [6.45, 7) is 4.08. The topological polar surface area (TPSA) is 64.4 Å². The highest BCUT2D eigenvalue weighted by atomic mass is 16.5. The molecule has 0 spiro atoms. The van der Waals surface area contributed by atoms with Crippen LogP contribution in [0.3, 0.4) is 0 Å². The lowest BCUT2D eigenvalue weighted by molar-refractivity contribution is 0.0619. The minimum Gasteiger partial charge on any atom is -0.487 e. The number of carbonyl (C=O) groups excluding carboxylic acids is 1. The van der Waals surface area contributed by atoms with Gasteiger partial charge in [-0.25, -0.2) is 0 Å². The number of carbonyl (C=O) groups is 1. The van der Waals surface area contributed by atoms with E-state index in [2.05, 4.69) is 10.5 Å². The van der Waals surface area contributed by atoms with E-state index in [-0.39, 0.29) is 17.6 Å². The van der Waals surface area contributed by atoms with E-state index in [1.165, 1.54) is 6.26 Å². The Labute approximate surface area is 135 Å². The molecule has 1 unspecified atom stereocenters. The van der Waals surface area contributed by atoms with Crippen LogP contribution in [0.1, 0.15) is 66.7 Å². The monoisotopic (exact) mass is 312 g/mol. The van der Waals surface area contributed by atoms with Gasteiger partial charge in [-0.05, 0) is 32.8 Å². The lowest BCUT2D eigenvalue weighted by Gasteiger charge is -2.37. The number of hydrogen-bond donors (Lipinski definition) is 1. The Hall–Kier alpha value is -2.30. The van der Waals surface area contributed by atoms with Gasteiger partial charge in [-0.3, -0.25) is 4.79 Å². The Kier molecular flexibility index (Phi) is 3.18. The van der Waals surface area contributed by atoms with Crippen LogP contribution in [0.2, 0.25) is 0 Å². The molecule has 1 saturated carbocycles. The molecule has 1 aromatic carbocycles. The smallest absolute Gasteiger partial charge is 0.257 e. The first-order valence-corrected chi connectivity index (χ1v) is 8.06. The highest BCUT2D eigenvalue weighted by Gasteiger charge is 2.36. The van der Waals surface area contributed by atoms with Gasteiger partial charge in [0.2, 0.25) is 0 Å². The Morgan fingerprint density at radius 2 is 2.09 bits per heavy atom. The number of aromatic nitrogens is 1. The van der Waals surface area contributed by atoms with Crippen LogP contribution in [-0.2, 0) is 0 Å². The van der Waals surface area contributed by atoms with E-state index in [4.69, 9.17) is 9.26 Å². The molecule has 5 heteroatoms. The average Bonchev–Trinajstić information content (AvgIpc) is 3.23. The zero-order chi connectivity index (χ0) is 16.0. The molecule has 1 N–H and O–H groups in total. The Morgan fingerprint density at radius 1 is 1.30 bits per heavy atom. The molecule has 1 fully saturated rings. The first-order valence-electron chi connectivity index (χ1n) is 8.06. The van der Waals surface area contributed by atoms with Crippen molar-refractivity contribution in [1.29, 1.82) is 0 Å². The van der Waals surface area contributed by atoms with Crippen molar-refractivity contribution in [2.24, 2.45) is 0 Å².